The number of hydrogen-bond donors (Lipinski definition) is 1. The Morgan fingerprint density at radius 2 is 1.72 bits per heavy atom. The average Bonchev–Trinajstić information content (AvgIpc) is 2.55. The van der Waals surface area contributed by atoms with E-state index in [-0.39, 0.29) is 21.3 Å². The first-order valence-electron chi connectivity index (χ1n) is 7.16. The van der Waals surface area contributed by atoms with Crippen LogP contribution in [-0.2, 0) is 14.8 Å². The van der Waals surface area contributed by atoms with Crippen molar-refractivity contribution in [3.05, 3.63) is 65.0 Å². The maximum absolute atomic E-state index is 12.4. The molecule has 0 aliphatic carbocycles. The van der Waals surface area contributed by atoms with Crippen molar-refractivity contribution < 1.29 is 18.0 Å². The van der Waals surface area contributed by atoms with E-state index in [1.54, 1.807) is 31.5 Å². The Morgan fingerprint density at radius 3 is 2.32 bits per heavy atom. The van der Waals surface area contributed by atoms with Crippen molar-refractivity contribution in [1.29, 1.82) is 0 Å². The minimum absolute atomic E-state index is 0.0832. The number of hydrogen-bond acceptors (Lipinski definition) is 5. The third-order valence-corrected chi connectivity index (χ3v) is 5.17. The van der Waals surface area contributed by atoms with Crippen molar-refractivity contribution in [1.82, 2.24) is 9.71 Å². The second-order valence-electron chi connectivity index (χ2n) is 5.23. The van der Waals surface area contributed by atoms with Crippen LogP contribution in [0.15, 0.2) is 53.7 Å². The van der Waals surface area contributed by atoms with Crippen molar-refractivity contribution in [2.45, 2.75) is 18.7 Å². The lowest BCUT2D eigenvalue weighted by Crippen LogP contribution is -2.29. The molecule has 0 aliphatic heterocycles. The molecule has 8 heteroatoms. The molecule has 0 fully saturated rings. The molecule has 0 aliphatic rings. The molecule has 2 aromatic rings. The molecule has 1 heterocycles. The van der Waals surface area contributed by atoms with Crippen LogP contribution in [0.4, 0.5) is 0 Å². The number of carbonyl (C=O) groups excluding carboxylic acids is 2. The van der Waals surface area contributed by atoms with Crippen LogP contribution in [0.5, 0.6) is 0 Å². The Hall–Kier alpha value is -2.51. The average molecular weight is 379 g/mol. The predicted octanol–water partition coefficient (Wildman–Crippen LogP) is 2.85. The molecule has 1 N–H and O–H groups in total. The van der Waals surface area contributed by atoms with Gasteiger partial charge in [0.25, 0.3) is 15.9 Å². The molecule has 0 saturated heterocycles. The van der Waals surface area contributed by atoms with Gasteiger partial charge in [0.1, 0.15) is 4.90 Å². The monoisotopic (exact) mass is 378 g/mol. The fraction of sp³-hybridized carbons (Fsp3) is 0.118. The van der Waals surface area contributed by atoms with Gasteiger partial charge < -0.3 is 0 Å². The normalized spacial score (nSPS) is 11.9. The number of aromatic nitrogens is 1. The Bertz CT molecular complexity index is 954. The van der Waals surface area contributed by atoms with Crippen LogP contribution in [-0.4, -0.2) is 25.1 Å². The van der Waals surface area contributed by atoms with Gasteiger partial charge in [0.2, 0.25) is 0 Å². The van der Waals surface area contributed by atoms with Crippen LogP contribution in [0.1, 0.15) is 29.8 Å². The summed E-state index contributed by atoms with van der Waals surface area (Å²) in [6.07, 6.45) is 4.29. The Morgan fingerprint density at radius 1 is 1.08 bits per heavy atom. The highest BCUT2D eigenvalue weighted by Crippen LogP contribution is 2.23. The summed E-state index contributed by atoms with van der Waals surface area (Å²) in [5.41, 5.74) is 1.48. The molecular weight excluding hydrogens is 364 g/mol. The summed E-state index contributed by atoms with van der Waals surface area (Å²) in [6.45, 7) is 2.98. The quantitative estimate of drug-likeness (QED) is 0.637. The van der Waals surface area contributed by atoms with Crippen LogP contribution in [0.3, 0.4) is 0 Å². The zero-order valence-electron chi connectivity index (χ0n) is 13.5. The molecule has 1 aromatic heterocycles. The standard InChI is InChI=1S/C17H15ClN2O4S/c1-11(13-5-7-19-8-6-13)9-17(22)20-25(23,24)16-10-14(12(2)21)3-4-15(16)18/h3-10H,1-2H3,(H,20,22). The van der Waals surface area contributed by atoms with E-state index in [1.165, 1.54) is 19.1 Å². The number of sulfonamides is 1. The van der Waals surface area contributed by atoms with Gasteiger partial charge in [-0.15, -0.1) is 0 Å². The van der Waals surface area contributed by atoms with Crippen molar-refractivity contribution in [3.63, 3.8) is 0 Å². The summed E-state index contributed by atoms with van der Waals surface area (Å²) in [5.74, 6) is -1.13. The number of rotatable bonds is 5. The van der Waals surface area contributed by atoms with Crippen LogP contribution in [0, 0.1) is 0 Å². The molecule has 6 nitrogen and oxygen atoms in total. The van der Waals surface area contributed by atoms with Crippen molar-refractivity contribution in [2.75, 3.05) is 0 Å². The van der Waals surface area contributed by atoms with Gasteiger partial charge in [-0.3, -0.25) is 14.6 Å². The number of halogens is 1. The fourth-order valence-corrected chi connectivity index (χ4v) is 3.50. The second-order valence-corrected chi connectivity index (χ2v) is 7.29. The van der Waals surface area contributed by atoms with Crippen LogP contribution in [0.2, 0.25) is 5.02 Å². The zero-order chi connectivity index (χ0) is 18.6. The second kappa shape index (κ2) is 7.58. The third kappa shape index (κ3) is 4.74. The van der Waals surface area contributed by atoms with Gasteiger partial charge in [-0.05, 0) is 55.3 Å². The Balaban J connectivity index is 2.28. The molecule has 0 atom stereocenters. The van der Waals surface area contributed by atoms with E-state index in [0.717, 1.165) is 17.7 Å². The fourth-order valence-electron chi connectivity index (χ4n) is 2.04. The van der Waals surface area contributed by atoms with Crippen LogP contribution < -0.4 is 4.72 Å². The molecule has 1 amide bonds. The molecule has 0 spiro atoms. The molecule has 0 bridgehead atoms. The summed E-state index contributed by atoms with van der Waals surface area (Å²) >= 11 is 5.91. The van der Waals surface area contributed by atoms with E-state index in [0.29, 0.717) is 5.57 Å². The molecule has 2 rings (SSSR count). The number of benzene rings is 1. The van der Waals surface area contributed by atoms with E-state index in [4.69, 9.17) is 11.6 Å². The van der Waals surface area contributed by atoms with Gasteiger partial charge in [-0.2, -0.15) is 0 Å². The van der Waals surface area contributed by atoms with Gasteiger partial charge in [-0.1, -0.05) is 11.6 Å². The first-order chi connectivity index (χ1) is 11.7. The number of ketones is 1. The number of nitrogens with zero attached hydrogens (tertiary/aromatic N) is 1. The van der Waals surface area contributed by atoms with Gasteiger partial charge in [0.15, 0.2) is 5.78 Å². The third-order valence-electron chi connectivity index (χ3n) is 3.35. The van der Waals surface area contributed by atoms with Gasteiger partial charge in [-0.25, -0.2) is 13.1 Å². The lowest BCUT2D eigenvalue weighted by molar-refractivity contribution is -0.114. The SMILES string of the molecule is CC(=O)c1ccc(Cl)c(S(=O)(=O)NC(=O)C=C(C)c2ccncc2)c1. The van der Waals surface area contributed by atoms with Crippen molar-refractivity contribution in [2.24, 2.45) is 0 Å². The molecule has 0 radical (unpaired) electrons. The molecular formula is C17H15ClN2O4S. The predicted molar refractivity (Wildman–Crippen MR) is 94.7 cm³/mol. The molecule has 1 aromatic carbocycles. The minimum atomic E-state index is -4.21. The van der Waals surface area contributed by atoms with Crippen molar-refractivity contribution in [3.8, 4) is 0 Å². The Kier molecular flexibility index (Phi) is 5.71. The summed E-state index contributed by atoms with van der Waals surface area (Å²) in [7, 11) is -4.21. The smallest absolute Gasteiger partial charge is 0.265 e. The topological polar surface area (TPSA) is 93.2 Å². The Labute approximate surface area is 150 Å². The van der Waals surface area contributed by atoms with E-state index in [2.05, 4.69) is 4.98 Å². The summed E-state index contributed by atoms with van der Waals surface area (Å²) in [4.78, 5) is 27.0. The summed E-state index contributed by atoms with van der Waals surface area (Å²) < 4.78 is 26.7. The molecule has 25 heavy (non-hydrogen) atoms. The number of amides is 1. The minimum Gasteiger partial charge on any atom is -0.295 e. The lowest BCUT2D eigenvalue weighted by atomic mass is 10.1. The highest BCUT2D eigenvalue weighted by Gasteiger charge is 2.21. The number of nitrogens with one attached hydrogen (secondary N) is 1. The van der Waals surface area contributed by atoms with Gasteiger partial charge in [0, 0.05) is 24.0 Å². The van der Waals surface area contributed by atoms with E-state index < -0.39 is 15.9 Å². The van der Waals surface area contributed by atoms with Gasteiger partial charge in [0.05, 0.1) is 5.02 Å². The summed E-state index contributed by atoms with van der Waals surface area (Å²) in [5, 5.41) is -0.0832. The van der Waals surface area contributed by atoms with E-state index >= 15 is 0 Å². The summed E-state index contributed by atoms with van der Waals surface area (Å²) in [6, 6.07) is 7.25. The molecule has 0 saturated carbocycles. The maximum Gasteiger partial charge on any atom is 0.265 e. The van der Waals surface area contributed by atoms with Crippen LogP contribution in [0.25, 0.3) is 5.57 Å². The van der Waals surface area contributed by atoms with E-state index in [9.17, 15) is 18.0 Å². The molecule has 0 unspecified atom stereocenters. The van der Waals surface area contributed by atoms with E-state index in [1.807, 2.05) is 4.72 Å². The number of Topliss-reactive ketones (excluding diaryl/α,β-unsaturated/α-hetero) is 1. The zero-order valence-corrected chi connectivity index (χ0v) is 15.1. The number of pyridine rings is 1. The largest absolute Gasteiger partial charge is 0.295 e. The first-order valence-corrected chi connectivity index (χ1v) is 9.03. The van der Waals surface area contributed by atoms with Crippen molar-refractivity contribution >= 4 is 38.9 Å². The highest BCUT2D eigenvalue weighted by atomic mass is 35.5. The van der Waals surface area contributed by atoms with Gasteiger partial charge >= 0.3 is 0 Å². The lowest BCUT2D eigenvalue weighted by Gasteiger charge is -2.09. The number of carbonyl (C=O) groups is 2. The first kappa shape index (κ1) is 18.8. The molecule has 130 valence electrons. The number of allylic oxidation sites excluding steroid dienone is 1. The maximum atomic E-state index is 12.4. The van der Waals surface area contributed by atoms with Crippen LogP contribution >= 0.6 is 11.6 Å². The highest BCUT2D eigenvalue weighted by molar-refractivity contribution is 7.90.